The summed E-state index contributed by atoms with van der Waals surface area (Å²) in [5.74, 6) is 0.550. The normalized spacial score (nSPS) is 11.0. The molecule has 0 saturated carbocycles. The van der Waals surface area contributed by atoms with Gasteiger partial charge in [0.15, 0.2) is 0 Å². The quantitative estimate of drug-likeness (QED) is 0.589. The van der Waals surface area contributed by atoms with Crippen LogP contribution in [0.25, 0.3) is 0 Å². The van der Waals surface area contributed by atoms with Crippen molar-refractivity contribution in [2.75, 3.05) is 26.7 Å². The van der Waals surface area contributed by atoms with E-state index < -0.39 is 0 Å². The zero-order valence-electron chi connectivity index (χ0n) is 9.88. The van der Waals surface area contributed by atoms with Gasteiger partial charge in [0.1, 0.15) is 0 Å². The maximum absolute atomic E-state index is 11.1. The van der Waals surface area contributed by atoms with Gasteiger partial charge in [0.05, 0.1) is 13.7 Å². The molecule has 0 fully saturated rings. The van der Waals surface area contributed by atoms with Crippen molar-refractivity contribution in [3.8, 4) is 0 Å². The summed E-state index contributed by atoms with van der Waals surface area (Å²) in [5.41, 5.74) is 0. The third kappa shape index (κ3) is 6.89. The van der Waals surface area contributed by atoms with Crippen molar-refractivity contribution < 1.29 is 9.53 Å². The summed E-state index contributed by atoms with van der Waals surface area (Å²) in [7, 11) is 1.44. The molecule has 0 spiro atoms. The third-order valence-corrected chi connectivity index (χ3v) is 2.14. The van der Waals surface area contributed by atoms with Gasteiger partial charge in [-0.3, -0.25) is 9.69 Å². The van der Waals surface area contributed by atoms with Crippen LogP contribution < -0.4 is 0 Å². The van der Waals surface area contributed by atoms with E-state index in [2.05, 4.69) is 30.4 Å². The summed E-state index contributed by atoms with van der Waals surface area (Å²) in [6.45, 7) is 8.91. The predicted octanol–water partition coefficient (Wildman–Crippen LogP) is 1.92. The molecule has 0 aliphatic rings. The smallest absolute Gasteiger partial charge is 0.319 e. The Morgan fingerprint density at radius 3 is 2.43 bits per heavy atom. The lowest BCUT2D eigenvalue weighted by Gasteiger charge is -2.20. The average molecular weight is 201 g/mol. The Morgan fingerprint density at radius 2 is 2.00 bits per heavy atom. The molecule has 3 nitrogen and oxygen atoms in total. The highest BCUT2D eigenvalue weighted by Crippen LogP contribution is 2.02. The minimum absolute atomic E-state index is 0.137. The van der Waals surface area contributed by atoms with E-state index in [1.807, 2.05) is 0 Å². The molecule has 3 heteroatoms. The first-order chi connectivity index (χ1) is 6.60. The number of hydrogen-bond donors (Lipinski definition) is 0. The van der Waals surface area contributed by atoms with Crippen molar-refractivity contribution in [1.29, 1.82) is 0 Å². The van der Waals surface area contributed by atoms with Crippen LogP contribution in [0.4, 0.5) is 0 Å². The average Bonchev–Trinajstić information content (AvgIpc) is 2.14. The number of hydrogen-bond acceptors (Lipinski definition) is 3. The minimum Gasteiger partial charge on any atom is -0.468 e. The van der Waals surface area contributed by atoms with Gasteiger partial charge in [-0.05, 0) is 31.8 Å². The largest absolute Gasteiger partial charge is 0.468 e. The van der Waals surface area contributed by atoms with Gasteiger partial charge in [-0.15, -0.1) is 0 Å². The Labute approximate surface area is 87.4 Å². The van der Waals surface area contributed by atoms with Crippen molar-refractivity contribution in [3.63, 3.8) is 0 Å². The van der Waals surface area contributed by atoms with Crippen LogP contribution in [0, 0.1) is 5.92 Å². The molecular weight excluding hydrogens is 178 g/mol. The molecular formula is C11H23NO2. The van der Waals surface area contributed by atoms with E-state index in [9.17, 15) is 4.79 Å². The summed E-state index contributed by atoms with van der Waals surface area (Å²) in [5, 5.41) is 0. The maximum atomic E-state index is 11.1. The molecule has 0 aliphatic carbocycles. The van der Waals surface area contributed by atoms with Crippen molar-refractivity contribution in [2.24, 2.45) is 5.92 Å². The molecule has 0 atom stereocenters. The first-order valence-electron chi connectivity index (χ1n) is 5.39. The second-order valence-corrected chi connectivity index (χ2v) is 4.03. The first-order valence-corrected chi connectivity index (χ1v) is 5.39. The molecule has 0 radical (unpaired) electrons. The van der Waals surface area contributed by atoms with Gasteiger partial charge in [0, 0.05) is 0 Å². The van der Waals surface area contributed by atoms with Gasteiger partial charge in [0.2, 0.25) is 0 Å². The van der Waals surface area contributed by atoms with E-state index >= 15 is 0 Å². The van der Waals surface area contributed by atoms with Gasteiger partial charge < -0.3 is 4.74 Å². The lowest BCUT2D eigenvalue weighted by molar-refractivity contribution is -0.142. The molecule has 0 unspecified atom stereocenters. The second-order valence-electron chi connectivity index (χ2n) is 4.03. The zero-order chi connectivity index (χ0) is 11.0. The molecule has 14 heavy (non-hydrogen) atoms. The lowest BCUT2D eigenvalue weighted by Crippen LogP contribution is -2.32. The summed E-state index contributed by atoms with van der Waals surface area (Å²) in [6.07, 6.45) is 2.21. The number of methoxy groups -OCH3 is 1. The van der Waals surface area contributed by atoms with Gasteiger partial charge >= 0.3 is 5.97 Å². The highest BCUT2D eigenvalue weighted by Gasteiger charge is 2.10. The van der Waals surface area contributed by atoms with Crippen molar-refractivity contribution in [3.05, 3.63) is 0 Å². The standard InChI is InChI=1S/C11H23NO2/c1-5-7-12(8-6-10(2)3)9-11(13)14-4/h10H,5-9H2,1-4H3. The number of rotatable bonds is 7. The molecule has 0 heterocycles. The lowest BCUT2D eigenvalue weighted by atomic mass is 10.1. The van der Waals surface area contributed by atoms with Crippen LogP contribution in [-0.4, -0.2) is 37.6 Å². The van der Waals surface area contributed by atoms with E-state index in [-0.39, 0.29) is 5.97 Å². The highest BCUT2D eigenvalue weighted by atomic mass is 16.5. The fraction of sp³-hybridized carbons (Fsp3) is 0.909. The first kappa shape index (κ1) is 13.4. The summed E-state index contributed by atoms with van der Waals surface area (Å²) < 4.78 is 4.65. The molecule has 0 aromatic heterocycles. The molecule has 0 amide bonds. The number of nitrogens with zero attached hydrogens (tertiary/aromatic N) is 1. The molecule has 0 saturated heterocycles. The molecule has 0 bridgehead atoms. The molecule has 84 valence electrons. The van der Waals surface area contributed by atoms with E-state index in [0.717, 1.165) is 25.9 Å². The SMILES string of the molecule is CCCN(CCC(C)C)CC(=O)OC. The van der Waals surface area contributed by atoms with E-state index in [1.165, 1.54) is 7.11 Å². The summed E-state index contributed by atoms with van der Waals surface area (Å²) >= 11 is 0. The van der Waals surface area contributed by atoms with Crippen molar-refractivity contribution in [2.45, 2.75) is 33.6 Å². The van der Waals surface area contributed by atoms with Crippen LogP contribution in [0.1, 0.15) is 33.6 Å². The van der Waals surface area contributed by atoms with Crippen molar-refractivity contribution in [1.82, 2.24) is 4.90 Å². The monoisotopic (exact) mass is 201 g/mol. The second kappa shape index (κ2) is 7.80. The van der Waals surface area contributed by atoms with Gasteiger partial charge in [0.25, 0.3) is 0 Å². The number of ether oxygens (including phenoxy) is 1. The maximum Gasteiger partial charge on any atom is 0.319 e. The molecule has 0 aromatic carbocycles. The zero-order valence-corrected chi connectivity index (χ0v) is 9.88. The van der Waals surface area contributed by atoms with Gasteiger partial charge in [-0.2, -0.15) is 0 Å². The van der Waals surface area contributed by atoms with Gasteiger partial charge in [-0.25, -0.2) is 0 Å². The Kier molecular flexibility index (Phi) is 7.48. The van der Waals surface area contributed by atoms with E-state index in [1.54, 1.807) is 0 Å². The fourth-order valence-corrected chi connectivity index (χ4v) is 1.27. The number of carbonyl (C=O) groups is 1. The Hall–Kier alpha value is -0.570. The Balaban J connectivity index is 3.82. The summed E-state index contributed by atoms with van der Waals surface area (Å²) in [6, 6.07) is 0. The molecule has 0 N–H and O–H groups in total. The van der Waals surface area contributed by atoms with Gasteiger partial charge in [-0.1, -0.05) is 20.8 Å². The predicted molar refractivity (Wildman–Crippen MR) is 58.2 cm³/mol. The van der Waals surface area contributed by atoms with Crippen LogP contribution in [0.3, 0.4) is 0 Å². The van der Waals surface area contributed by atoms with Crippen LogP contribution in [-0.2, 0) is 9.53 Å². The molecule has 0 aliphatic heterocycles. The number of esters is 1. The van der Waals surface area contributed by atoms with Crippen molar-refractivity contribution >= 4 is 5.97 Å². The van der Waals surface area contributed by atoms with Crippen LogP contribution in [0.2, 0.25) is 0 Å². The number of carbonyl (C=O) groups excluding carboxylic acids is 1. The Morgan fingerprint density at radius 1 is 1.36 bits per heavy atom. The van der Waals surface area contributed by atoms with Crippen LogP contribution in [0.15, 0.2) is 0 Å². The topological polar surface area (TPSA) is 29.5 Å². The van der Waals surface area contributed by atoms with E-state index in [4.69, 9.17) is 0 Å². The molecule has 0 aromatic rings. The molecule has 0 rings (SSSR count). The Bertz CT molecular complexity index is 157. The van der Waals surface area contributed by atoms with E-state index in [0.29, 0.717) is 12.5 Å². The minimum atomic E-state index is -0.137. The summed E-state index contributed by atoms with van der Waals surface area (Å²) in [4.78, 5) is 13.2. The van der Waals surface area contributed by atoms with Crippen LogP contribution >= 0.6 is 0 Å². The van der Waals surface area contributed by atoms with Crippen LogP contribution in [0.5, 0.6) is 0 Å². The fourth-order valence-electron chi connectivity index (χ4n) is 1.27. The third-order valence-electron chi connectivity index (χ3n) is 2.14. The highest BCUT2D eigenvalue weighted by molar-refractivity contribution is 5.71.